The van der Waals surface area contributed by atoms with Gasteiger partial charge in [-0.1, -0.05) is 6.42 Å². The Morgan fingerprint density at radius 3 is 2.70 bits per heavy atom. The van der Waals surface area contributed by atoms with Crippen LogP contribution in [0.4, 0.5) is 19.7 Å². The van der Waals surface area contributed by atoms with Gasteiger partial charge in [0.2, 0.25) is 0 Å². The molecule has 122 valence electrons. The molecule has 2 aliphatic rings. The fraction of sp³-hybridized carbons (Fsp3) is 0.400. The van der Waals surface area contributed by atoms with Crippen molar-refractivity contribution in [3.8, 4) is 0 Å². The van der Waals surface area contributed by atoms with Gasteiger partial charge in [0.05, 0.1) is 0 Å². The van der Waals surface area contributed by atoms with Crippen LogP contribution in [-0.2, 0) is 4.79 Å². The molecule has 0 bridgehead atoms. The molecule has 7 nitrogen and oxygen atoms in total. The number of anilines is 1. The van der Waals surface area contributed by atoms with E-state index >= 15 is 0 Å². The average Bonchev–Trinajstić information content (AvgIpc) is 3.03. The zero-order chi connectivity index (χ0) is 16.4. The lowest BCUT2D eigenvalue weighted by Gasteiger charge is -2.28. The first-order chi connectivity index (χ1) is 11.0. The third kappa shape index (κ3) is 2.96. The molecule has 1 spiro atoms. The normalized spacial score (nSPS) is 26.0. The van der Waals surface area contributed by atoms with E-state index in [2.05, 4.69) is 21.3 Å². The number of urea groups is 2. The van der Waals surface area contributed by atoms with Crippen molar-refractivity contribution < 1.29 is 18.8 Å². The molecule has 1 aromatic rings. The van der Waals surface area contributed by atoms with Crippen LogP contribution >= 0.6 is 0 Å². The Morgan fingerprint density at radius 1 is 1.30 bits per heavy atom. The first-order valence-electron chi connectivity index (χ1n) is 7.44. The summed E-state index contributed by atoms with van der Waals surface area (Å²) in [5.41, 5.74) is -0.447. The number of halogens is 1. The second kappa shape index (κ2) is 5.86. The number of carbonyl (C=O) groups excluding carboxylic acids is 3. The molecule has 1 aromatic carbocycles. The quantitative estimate of drug-likeness (QED) is 0.632. The Kier molecular flexibility index (Phi) is 3.89. The number of hydrogen-bond donors (Lipinski definition) is 4. The van der Waals surface area contributed by atoms with Gasteiger partial charge < -0.3 is 16.0 Å². The Bertz CT molecular complexity index is 649. The third-order valence-electron chi connectivity index (χ3n) is 4.40. The van der Waals surface area contributed by atoms with Gasteiger partial charge in [0, 0.05) is 18.2 Å². The van der Waals surface area contributed by atoms with Gasteiger partial charge in [-0.2, -0.15) is 0 Å². The van der Waals surface area contributed by atoms with Gasteiger partial charge in [-0.25, -0.2) is 14.0 Å². The highest BCUT2D eigenvalue weighted by Crippen LogP contribution is 2.37. The lowest BCUT2D eigenvalue weighted by atomic mass is 9.87. The fourth-order valence-corrected chi connectivity index (χ4v) is 3.25. The SMILES string of the molecule is O=C(NCC1CCCC12NC(=O)NC2=O)Nc1ccc(F)cc1. The molecule has 8 heteroatoms. The summed E-state index contributed by atoms with van der Waals surface area (Å²) >= 11 is 0. The lowest BCUT2D eigenvalue weighted by molar-refractivity contribution is -0.125. The third-order valence-corrected chi connectivity index (χ3v) is 4.40. The largest absolute Gasteiger partial charge is 0.337 e. The van der Waals surface area contributed by atoms with Crippen molar-refractivity contribution in [2.45, 2.75) is 24.8 Å². The molecule has 23 heavy (non-hydrogen) atoms. The minimum absolute atomic E-state index is 0.159. The summed E-state index contributed by atoms with van der Waals surface area (Å²) in [6.45, 7) is 0.265. The Hall–Kier alpha value is -2.64. The molecule has 5 amide bonds. The highest BCUT2D eigenvalue weighted by atomic mass is 19.1. The van der Waals surface area contributed by atoms with Crippen LogP contribution < -0.4 is 21.3 Å². The Morgan fingerprint density at radius 2 is 2.04 bits per heavy atom. The highest BCUT2D eigenvalue weighted by molar-refractivity contribution is 6.07. The van der Waals surface area contributed by atoms with E-state index in [0.29, 0.717) is 12.1 Å². The van der Waals surface area contributed by atoms with Crippen LogP contribution in [0.2, 0.25) is 0 Å². The molecule has 3 rings (SSSR count). The van der Waals surface area contributed by atoms with Crippen molar-refractivity contribution in [3.63, 3.8) is 0 Å². The predicted octanol–water partition coefficient (Wildman–Crippen LogP) is 1.33. The van der Waals surface area contributed by atoms with Crippen LogP contribution in [0.15, 0.2) is 24.3 Å². The van der Waals surface area contributed by atoms with Crippen molar-refractivity contribution in [1.82, 2.24) is 16.0 Å². The topological polar surface area (TPSA) is 99.3 Å². The van der Waals surface area contributed by atoms with Crippen LogP contribution in [0.1, 0.15) is 19.3 Å². The molecule has 2 fully saturated rings. The second-order valence-electron chi connectivity index (χ2n) is 5.81. The first kappa shape index (κ1) is 15.3. The maximum Gasteiger partial charge on any atom is 0.322 e. The summed E-state index contributed by atoms with van der Waals surface area (Å²) in [4.78, 5) is 35.3. The minimum atomic E-state index is -0.916. The molecule has 4 N–H and O–H groups in total. The smallest absolute Gasteiger partial charge is 0.322 e. The van der Waals surface area contributed by atoms with E-state index in [1.54, 1.807) is 0 Å². The van der Waals surface area contributed by atoms with Gasteiger partial charge in [-0.3, -0.25) is 10.1 Å². The summed E-state index contributed by atoms with van der Waals surface area (Å²) in [6, 6.07) is 4.48. The first-order valence-corrected chi connectivity index (χ1v) is 7.44. The van der Waals surface area contributed by atoms with E-state index < -0.39 is 17.6 Å². The summed E-state index contributed by atoms with van der Waals surface area (Å²) in [5.74, 6) is -0.870. The fourth-order valence-electron chi connectivity index (χ4n) is 3.25. The molecule has 2 atom stereocenters. The van der Waals surface area contributed by atoms with Gasteiger partial charge in [-0.15, -0.1) is 0 Å². The molecule has 1 saturated heterocycles. The van der Waals surface area contributed by atoms with E-state index in [4.69, 9.17) is 0 Å². The summed E-state index contributed by atoms with van der Waals surface area (Å²) < 4.78 is 12.8. The monoisotopic (exact) mass is 320 g/mol. The molecule has 1 aliphatic heterocycles. The minimum Gasteiger partial charge on any atom is -0.337 e. The van der Waals surface area contributed by atoms with Crippen LogP contribution in [0.5, 0.6) is 0 Å². The number of carbonyl (C=O) groups is 3. The molecule has 1 aliphatic carbocycles. The zero-order valence-corrected chi connectivity index (χ0v) is 12.3. The Labute approximate surface area is 132 Å². The zero-order valence-electron chi connectivity index (χ0n) is 12.3. The van der Waals surface area contributed by atoms with E-state index in [9.17, 15) is 18.8 Å². The van der Waals surface area contributed by atoms with E-state index in [1.165, 1.54) is 24.3 Å². The number of rotatable bonds is 3. The maximum atomic E-state index is 12.8. The molecule has 0 radical (unpaired) electrons. The van der Waals surface area contributed by atoms with Gasteiger partial charge in [0.15, 0.2) is 0 Å². The van der Waals surface area contributed by atoms with Crippen molar-refractivity contribution in [2.75, 3.05) is 11.9 Å². The Balaban J connectivity index is 1.57. The second-order valence-corrected chi connectivity index (χ2v) is 5.81. The molecule has 2 unspecified atom stereocenters. The average molecular weight is 320 g/mol. The van der Waals surface area contributed by atoms with Gasteiger partial charge in [0.25, 0.3) is 5.91 Å². The van der Waals surface area contributed by atoms with Crippen molar-refractivity contribution >= 4 is 23.7 Å². The van der Waals surface area contributed by atoms with Crippen LogP contribution in [0, 0.1) is 11.7 Å². The summed E-state index contributed by atoms with van der Waals surface area (Å²) in [7, 11) is 0. The molecule has 1 heterocycles. The van der Waals surface area contributed by atoms with Crippen LogP contribution in [0.3, 0.4) is 0 Å². The number of hydrogen-bond acceptors (Lipinski definition) is 3. The van der Waals surface area contributed by atoms with Gasteiger partial charge in [-0.05, 0) is 37.1 Å². The summed E-state index contributed by atoms with van der Waals surface area (Å²) in [6.07, 6.45) is 2.11. The van der Waals surface area contributed by atoms with E-state index in [1.807, 2.05) is 0 Å². The number of amides is 5. The van der Waals surface area contributed by atoms with Crippen LogP contribution in [0.25, 0.3) is 0 Å². The van der Waals surface area contributed by atoms with Crippen molar-refractivity contribution in [3.05, 3.63) is 30.1 Å². The predicted molar refractivity (Wildman–Crippen MR) is 80.2 cm³/mol. The summed E-state index contributed by atoms with van der Waals surface area (Å²) in [5, 5.41) is 10.2. The molecular weight excluding hydrogens is 303 g/mol. The van der Waals surface area contributed by atoms with E-state index in [-0.39, 0.29) is 24.2 Å². The number of imide groups is 1. The highest BCUT2D eigenvalue weighted by Gasteiger charge is 2.54. The number of nitrogens with one attached hydrogen (secondary N) is 4. The molecule has 1 saturated carbocycles. The van der Waals surface area contributed by atoms with Crippen molar-refractivity contribution in [1.29, 1.82) is 0 Å². The van der Waals surface area contributed by atoms with Crippen molar-refractivity contribution in [2.24, 2.45) is 5.92 Å². The number of benzene rings is 1. The van der Waals surface area contributed by atoms with E-state index in [0.717, 1.165) is 12.8 Å². The van der Waals surface area contributed by atoms with Gasteiger partial charge in [0.1, 0.15) is 11.4 Å². The molecular formula is C15H17FN4O3. The lowest BCUT2D eigenvalue weighted by Crippen LogP contribution is -2.53. The van der Waals surface area contributed by atoms with Gasteiger partial charge >= 0.3 is 12.1 Å². The maximum absolute atomic E-state index is 12.8. The van der Waals surface area contributed by atoms with Crippen LogP contribution in [-0.4, -0.2) is 30.1 Å². The molecule has 0 aromatic heterocycles. The standard InChI is InChI=1S/C15H17FN4O3/c16-10-3-5-11(6-4-10)18-13(22)17-8-9-2-1-7-15(9)12(21)19-14(23)20-15/h3-6,9H,1-2,7-8H2,(H2,17,18,22)(H2,19,20,21,23).